The third-order valence-corrected chi connectivity index (χ3v) is 5.05. The number of hydrogen-bond acceptors (Lipinski definition) is 3. The van der Waals surface area contributed by atoms with E-state index in [0.29, 0.717) is 0 Å². The van der Waals surface area contributed by atoms with Gasteiger partial charge in [0.25, 0.3) is 10.0 Å². The predicted molar refractivity (Wildman–Crippen MR) is 89.0 cm³/mol. The number of carbonyl (C=O) groups is 1. The third-order valence-electron chi connectivity index (χ3n) is 3.66. The molecule has 0 aromatic heterocycles. The minimum Gasteiger partial charge on any atom is -0.478 e. The van der Waals surface area contributed by atoms with Crippen molar-refractivity contribution in [2.75, 3.05) is 4.72 Å². The highest BCUT2D eigenvalue weighted by Crippen LogP contribution is 2.30. The summed E-state index contributed by atoms with van der Waals surface area (Å²) in [5.74, 6) is -13.7. The Morgan fingerprint density at radius 3 is 1.96 bits per heavy atom. The van der Waals surface area contributed by atoms with E-state index in [9.17, 15) is 35.2 Å². The van der Waals surface area contributed by atoms with Gasteiger partial charge in [0.2, 0.25) is 5.82 Å². The van der Waals surface area contributed by atoms with Crippen molar-refractivity contribution in [2.24, 2.45) is 5.92 Å². The molecule has 152 valence electrons. The average molecular weight is 423 g/mol. The van der Waals surface area contributed by atoms with Crippen LogP contribution in [0.5, 0.6) is 0 Å². The fraction of sp³-hybridized carbons (Fsp3) is 0.235. The number of benzene rings is 2. The Morgan fingerprint density at radius 2 is 1.50 bits per heavy atom. The summed E-state index contributed by atoms with van der Waals surface area (Å²) in [4.78, 5) is 9.07. The van der Waals surface area contributed by atoms with Crippen molar-refractivity contribution < 1.29 is 40.3 Å². The summed E-state index contributed by atoms with van der Waals surface area (Å²) in [5.41, 5.74) is -0.250. The minimum absolute atomic E-state index is 0.0681. The molecule has 0 atom stereocenters. The van der Waals surface area contributed by atoms with Gasteiger partial charge in [-0.05, 0) is 36.1 Å². The molecule has 2 aromatic rings. The molecule has 0 aliphatic carbocycles. The highest BCUT2D eigenvalue weighted by Gasteiger charge is 2.34. The Balaban J connectivity index is 2.61. The van der Waals surface area contributed by atoms with Crippen molar-refractivity contribution in [1.82, 2.24) is 0 Å². The molecule has 11 heteroatoms. The minimum atomic E-state index is -5.22. The van der Waals surface area contributed by atoms with Crippen molar-refractivity contribution in [3.8, 4) is 0 Å². The summed E-state index contributed by atoms with van der Waals surface area (Å²) >= 11 is 0. The molecule has 5 nitrogen and oxygen atoms in total. The van der Waals surface area contributed by atoms with E-state index in [2.05, 4.69) is 0 Å². The average Bonchev–Trinajstić information content (AvgIpc) is 2.58. The van der Waals surface area contributed by atoms with Crippen LogP contribution in [0.3, 0.4) is 0 Å². The highest BCUT2D eigenvalue weighted by molar-refractivity contribution is 7.92. The van der Waals surface area contributed by atoms with Crippen LogP contribution < -0.4 is 4.72 Å². The number of halogens is 5. The Hall–Kier alpha value is -2.69. The molecule has 0 aliphatic rings. The smallest absolute Gasteiger partial charge is 0.335 e. The van der Waals surface area contributed by atoms with E-state index < -0.39 is 50.0 Å². The fourth-order valence-electron chi connectivity index (χ4n) is 2.45. The lowest BCUT2D eigenvalue weighted by atomic mass is 9.99. The Bertz CT molecular complexity index is 1020. The first-order chi connectivity index (χ1) is 12.9. The van der Waals surface area contributed by atoms with Crippen molar-refractivity contribution in [3.05, 3.63) is 58.4 Å². The number of rotatable bonds is 6. The number of hydrogen-bond donors (Lipinski definition) is 2. The van der Waals surface area contributed by atoms with E-state index >= 15 is 0 Å². The van der Waals surface area contributed by atoms with E-state index in [4.69, 9.17) is 5.11 Å². The zero-order chi connectivity index (χ0) is 21.4. The van der Waals surface area contributed by atoms with Crippen LogP contribution in [0.2, 0.25) is 0 Å². The molecule has 0 saturated heterocycles. The molecular formula is C17H14F5NO4S. The van der Waals surface area contributed by atoms with Crippen molar-refractivity contribution in [3.63, 3.8) is 0 Å². The monoisotopic (exact) mass is 423 g/mol. The van der Waals surface area contributed by atoms with Crippen LogP contribution in [-0.2, 0) is 16.4 Å². The summed E-state index contributed by atoms with van der Waals surface area (Å²) in [6, 6.07) is 3.21. The molecule has 2 rings (SSSR count). The maximum atomic E-state index is 13.9. The predicted octanol–water partition coefficient (Wildman–Crippen LogP) is 4.08. The van der Waals surface area contributed by atoms with Crippen molar-refractivity contribution in [1.29, 1.82) is 0 Å². The molecule has 0 aliphatic heterocycles. The summed E-state index contributed by atoms with van der Waals surface area (Å²) < 4.78 is 94.0. The van der Waals surface area contributed by atoms with E-state index in [0.717, 1.165) is 18.2 Å². The maximum Gasteiger partial charge on any atom is 0.335 e. The Kier molecular flexibility index (Phi) is 5.97. The SMILES string of the molecule is CC(C)Cc1cc(C(=O)O)ccc1NS(=O)(=O)c1c(F)c(F)c(F)c(F)c1F. The quantitative estimate of drug-likeness (QED) is 0.417. The van der Waals surface area contributed by atoms with Crippen molar-refractivity contribution >= 4 is 21.7 Å². The third kappa shape index (κ3) is 4.08. The molecule has 0 amide bonds. The number of nitrogens with one attached hydrogen (secondary N) is 1. The molecule has 2 N–H and O–H groups in total. The second kappa shape index (κ2) is 7.74. The molecule has 2 aromatic carbocycles. The lowest BCUT2D eigenvalue weighted by molar-refractivity contribution is 0.0696. The molecule has 0 heterocycles. The van der Waals surface area contributed by atoms with Gasteiger partial charge in [-0.3, -0.25) is 4.72 Å². The number of carboxylic acids is 1. The molecule has 28 heavy (non-hydrogen) atoms. The van der Waals surface area contributed by atoms with Crippen LogP contribution in [-0.4, -0.2) is 19.5 Å². The zero-order valence-electron chi connectivity index (χ0n) is 14.5. The lowest BCUT2D eigenvalue weighted by Crippen LogP contribution is -2.20. The van der Waals surface area contributed by atoms with E-state index in [1.54, 1.807) is 18.6 Å². The van der Waals surface area contributed by atoms with Gasteiger partial charge in [-0.15, -0.1) is 0 Å². The molecule has 0 spiro atoms. The Labute approximate surface area is 156 Å². The summed E-state index contributed by atoms with van der Waals surface area (Å²) in [7, 11) is -5.22. The standard InChI is InChI=1S/C17H14F5NO4S/c1-7(2)5-9-6-8(17(24)25)3-4-10(9)23-28(26,27)16-14(21)12(19)11(18)13(20)15(16)22/h3-4,6-7,23H,5H2,1-2H3,(H,24,25). The van der Waals surface area contributed by atoms with Gasteiger partial charge in [-0.25, -0.2) is 35.2 Å². The maximum absolute atomic E-state index is 13.9. The zero-order valence-corrected chi connectivity index (χ0v) is 15.3. The van der Waals surface area contributed by atoms with Crippen LogP contribution in [0, 0.1) is 35.0 Å². The van der Waals surface area contributed by atoms with Crippen LogP contribution in [0.4, 0.5) is 27.6 Å². The molecule has 0 fully saturated rings. The van der Waals surface area contributed by atoms with Crippen LogP contribution >= 0.6 is 0 Å². The van der Waals surface area contributed by atoms with Gasteiger partial charge in [-0.1, -0.05) is 13.8 Å². The first-order valence-corrected chi connectivity index (χ1v) is 9.25. The number of anilines is 1. The van der Waals surface area contributed by atoms with Crippen molar-refractivity contribution in [2.45, 2.75) is 25.2 Å². The van der Waals surface area contributed by atoms with Crippen LogP contribution in [0.1, 0.15) is 29.8 Å². The number of aromatic carboxylic acids is 1. The second-order valence-corrected chi connectivity index (χ2v) is 7.90. The first-order valence-electron chi connectivity index (χ1n) is 7.77. The normalized spacial score (nSPS) is 11.7. The molecule has 0 unspecified atom stereocenters. The van der Waals surface area contributed by atoms with Gasteiger partial charge in [0.15, 0.2) is 28.2 Å². The topological polar surface area (TPSA) is 83.5 Å². The van der Waals surface area contributed by atoms with Gasteiger partial charge in [-0.2, -0.15) is 0 Å². The van der Waals surface area contributed by atoms with Gasteiger partial charge in [0, 0.05) is 0 Å². The summed E-state index contributed by atoms with van der Waals surface area (Å²) in [6.45, 7) is 3.49. The largest absolute Gasteiger partial charge is 0.478 e. The molecule has 0 bridgehead atoms. The van der Waals surface area contributed by atoms with Gasteiger partial charge in [0.05, 0.1) is 11.3 Å². The molecule has 0 saturated carbocycles. The number of sulfonamides is 1. The summed E-state index contributed by atoms with van der Waals surface area (Å²) in [6.07, 6.45) is 0.177. The van der Waals surface area contributed by atoms with E-state index in [-0.39, 0.29) is 29.2 Å². The van der Waals surface area contributed by atoms with Gasteiger partial charge < -0.3 is 5.11 Å². The van der Waals surface area contributed by atoms with E-state index in [1.807, 2.05) is 0 Å². The van der Waals surface area contributed by atoms with Crippen LogP contribution in [0.15, 0.2) is 23.1 Å². The van der Waals surface area contributed by atoms with Crippen LogP contribution in [0.25, 0.3) is 0 Å². The number of carboxylic acid groups (broad SMARTS) is 1. The molecule has 0 radical (unpaired) electrons. The van der Waals surface area contributed by atoms with E-state index in [1.165, 1.54) is 0 Å². The Morgan fingerprint density at radius 1 is 1.00 bits per heavy atom. The van der Waals surface area contributed by atoms with Gasteiger partial charge >= 0.3 is 5.97 Å². The first kappa shape index (κ1) is 21.6. The summed E-state index contributed by atoms with van der Waals surface area (Å²) in [5, 5.41) is 9.05. The van der Waals surface area contributed by atoms with Gasteiger partial charge in [0.1, 0.15) is 0 Å². The fourth-order valence-corrected chi connectivity index (χ4v) is 3.69. The lowest BCUT2D eigenvalue weighted by Gasteiger charge is -2.16. The molecular weight excluding hydrogens is 409 g/mol. The highest BCUT2D eigenvalue weighted by atomic mass is 32.2. The second-order valence-electron chi connectivity index (χ2n) is 6.28.